The summed E-state index contributed by atoms with van der Waals surface area (Å²) in [4.78, 5) is 7.81. The first-order chi connectivity index (χ1) is 9.51. The second-order valence-electron chi connectivity index (χ2n) is 4.13. The first-order valence-electron chi connectivity index (χ1n) is 6.00. The van der Waals surface area contributed by atoms with Crippen LogP contribution in [-0.4, -0.2) is 16.5 Å². The number of benzene rings is 1. The Labute approximate surface area is 123 Å². The molecular weight excluding hydrogens is 330 g/mol. The van der Waals surface area contributed by atoms with Gasteiger partial charge in [0.25, 0.3) is 0 Å². The molecule has 0 aliphatic carbocycles. The molecule has 2 N–H and O–H groups in total. The molecule has 1 heterocycles. The van der Waals surface area contributed by atoms with Gasteiger partial charge in [0.2, 0.25) is 5.95 Å². The van der Waals surface area contributed by atoms with Gasteiger partial charge in [-0.25, -0.2) is 13.8 Å². The molecule has 0 aliphatic rings. The van der Waals surface area contributed by atoms with E-state index in [2.05, 4.69) is 36.5 Å². The van der Waals surface area contributed by atoms with E-state index in [0.717, 1.165) is 11.8 Å². The van der Waals surface area contributed by atoms with Crippen LogP contribution in [0.2, 0.25) is 0 Å². The van der Waals surface area contributed by atoms with E-state index in [9.17, 15) is 8.78 Å². The molecule has 106 valence electrons. The zero-order valence-electron chi connectivity index (χ0n) is 11.0. The van der Waals surface area contributed by atoms with Gasteiger partial charge in [-0.05, 0) is 47.5 Å². The molecule has 0 saturated heterocycles. The Morgan fingerprint density at radius 3 is 2.70 bits per heavy atom. The molecule has 0 atom stereocenters. The summed E-state index contributed by atoms with van der Waals surface area (Å²) in [5.41, 5.74) is 1.21. The predicted molar refractivity (Wildman–Crippen MR) is 78.3 cm³/mol. The molecule has 7 heteroatoms. The van der Waals surface area contributed by atoms with Crippen molar-refractivity contribution < 1.29 is 8.78 Å². The van der Waals surface area contributed by atoms with Gasteiger partial charge in [0.05, 0.1) is 10.7 Å². The lowest BCUT2D eigenvalue weighted by Crippen LogP contribution is -2.06. The summed E-state index contributed by atoms with van der Waals surface area (Å²) < 4.78 is 27.6. The van der Waals surface area contributed by atoms with E-state index in [0.29, 0.717) is 22.7 Å². The standard InChI is InChI=1S/C13H13BrF2N4/c1-3-17-13-18-6-10(16)12(20-13)19-11-5-9(15)8(14)4-7(11)2/h4-6H,3H2,1-2H3,(H2,17,18,19,20). The van der Waals surface area contributed by atoms with Crippen LogP contribution < -0.4 is 10.6 Å². The number of aryl methyl sites for hydroxylation is 1. The van der Waals surface area contributed by atoms with Gasteiger partial charge in [-0.3, -0.25) is 0 Å². The Morgan fingerprint density at radius 2 is 2.00 bits per heavy atom. The maximum atomic E-state index is 13.7. The number of halogens is 3. The Kier molecular flexibility index (Phi) is 4.49. The maximum Gasteiger partial charge on any atom is 0.224 e. The second-order valence-corrected chi connectivity index (χ2v) is 4.98. The molecule has 0 amide bonds. The fraction of sp³-hybridized carbons (Fsp3) is 0.231. The van der Waals surface area contributed by atoms with E-state index in [1.54, 1.807) is 13.0 Å². The van der Waals surface area contributed by atoms with E-state index < -0.39 is 11.6 Å². The van der Waals surface area contributed by atoms with Crippen molar-refractivity contribution in [3.8, 4) is 0 Å². The molecule has 2 rings (SSSR count). The van der Waals surface area contributed by atoms with Crippen LogP contribution in [0.4, 0.5) is 26.2 Å². The van der Waals surface area contributed by atoms with Crippen LogP contribution in [0.15, 0.2) is 22.8 Å². The normalized spacial score (nSPS) is 10.4. The molecule has 0 unspecified atom stereocenters. The molecule has 0 aliphatic heterocycles. The van der Waals surface area contributed by atoms with Crippen molar-refractivity contribution in [1.82, 2.24) is 9.97 Å². The summed E-state index contributed by atoms with van der Waals surface area (Å²) in [6, 6.07) is 2.90. The van der Waals surface area contributed by atoms with Crippen molar-refractivity contribution in [2.24, 2.45) is 0 Å². The topological polar surface area (TPSA) is 49.8 Å². The van der Waals surface area contributed by atoms with E-state index in [-0.39, 0.29) is 5.82 Å². The van der Waals surface area contributed by atoms with Gasteiger partial charge in [0, 0.05) is 12.2 Å². The quantitative estimate of drug-likeness (QED) is 0.881. The van der Waals surface area contributed by atoms with E-state index in [4.69, 9.17) is 0 Å². The van der Waals surface area contributed by atoms with Crippen molar-refractivity contribution in [1.29, 1.82) is 0 Å². The zero-order valence-corrected chi connectivity index (χ0v) is 12.6. The van der Waals surface area contributed by atoms with Crippen molar-refractivity contribution >= 4 is 33.4 Å². The van der Waals surface area contributed by atoms with Crippen LogP contribution in [0.25, 0.3) is 0 Å². The van der Waals surface area contributed by atoms with Crippen molar-refractivity contribution in [3.05, 3.63) is 40.0 Å². The zero-order chi connectivity index (χ0) is 14.7. The fourth-order valence-electron chi connectivity index (χ4n) is 1.61. The lowest BCUT2D eigenvalue weighted by atomic mass is 10.2. The highest BCUT2D eigenvalue weighted by molar-refractivity contribution is 9.10. The molecule has 0 saturated carbocycles. The lowest BCUT2D eigenvalue weighted by molar-refractivity contribution is 0.617. The molecular formula is C13H13BrF2N4. The van der Waals surface area contributed by atoms with Crippen LogP contribution in [0.5, 0.6) is 0 Å². The number of hydrogen-bond acceptors (Lipinski definition) is 4. The number of hydrogen-bond donors (Lipinski definition) is 2. The Balaban J connectivity index is 2.34. The SMILES string of the molecule is CCNc1ncc(F)c(Nc2cc(F)c(Br)cc2C)n1. The van der Waals surface area contributed by atoms with Gasteiger partial charge in [-0.1, -0.05) is 0 Å². The first-order valence-corrected chi connectivity index (χ1v) is 6.79. The largest absolute Gasteiger partial charge is 0.354 e. The van der Waals surface area contributed by atoms with Gasteiger partial charge in [0.15, 0.2) is 11.6 Å². The van der Waals surface area contributed by atoms with Crippen LogP contribution in [-0.2, 0) is 0 Å². The number of anilines is 3. The molecule has 0 fully saturated rings. The van der Waals surface area contributed by atoms with Gasteiger partial charge in [0.1, 0.15) is 5.82 Å². The number of nitrogens with zero attached hydrogens (tertiary/aromatic N) is 2. The van der Waals surface area contributed by atoms with Gasteiger partial charge < -0.3 is 10.6 Å². The molecule has 1 aromatic carbocycles. The van der Waals surface area contributed by atoms with Gasteiger partial charge >= 0.3 is 0 Å². The highest BCUT2D eigenvalue weighted by atomic mass is 79.9. The predicted octanol–water partition coefficient (Wildman–Crippen LogP) is 4.00. The minimum Gasteiger partial charge on any atom is -0.354 e. The van der Waals surface area contributed by atoms with Crippen LogP contribution in [0.1, 0.15) is 12.5 Å². The second kappa shape index (κ2) is 6.13. The van der Waals surface area contributed by atoms with Crippen molar-refractivity contribution in [2.75, 3.05) is 17.2 Å². The van der Waals surface area contributed by atoms with E-state index >= 15 is 0 Å². The van der Waals surface area contributed by atoms with Gasteiger partial charge in [-0.2, -0.15) is 4.98 Å². The van der Waals surface area contributed by atoms with E-state index in [1.807, 2.05) is 6.92 Å². The average Bonchev–Trinajstić information content (AvgIpc) is 2.40. The molecule has 20 heavy (non-hydrogen) atoms. The minimum atomic E-state index is -0.602. The Bertz CT molecular complexity index is 634. The van der Waals surface area contributed by atoms with Crippen molar-refractivity contribution in [2.45, 2.75) is 13.8 Å². The first kappa shape index (κ1) is 14.6. The highest BCUT2D eigenvalue weighted by Crippen LogP contribution is 2.27. The maximum absolute atomic E-state index is 13.7. The summed E-state index contributed by atoms with van der Waals surface area (Å²) >= 11 is 3.10. The summed E-state index contributed by atoms with van der Waals surface area (Å²) in [5, 5.41) is 5.67. The molecule has 0 radical (unpaired) electrons. The van der Waals surface area contributed by atoms with Crippen LogP contribution in [0, 0.1) is 18.6 Å². The Morgan fingerprint density at radius 1 is 1.25 bits per heavy atom. The fourth-order valence-corrected chi connectivity index (χ4v) is 2.06. The third kappa shape index (κ3) is 3.22. The minimum absolute atomic E-state index is 0.000715. The number of rotatable bonds is 4. The monoisotopic (exact) mass is 342 g/mol. The van der Waals surface area contributed by atoms with Crippen LogP contribution >= 0.6 is 15.9 Å². The average molecular weight is 343 g/mol. The molecule has 0 bridgehead atoms. The molecule has 0 spiro atoms. The third-order valence-corrected chi connectivity index (χ3v) is 3.21. The summed E-state index contributed by atoms with van der Waals surface area (Å²) in [6.07, 6.45) is 1.07. The van der Waals surface area contributed by atoms with Crippen molar-refractivity contribution in [3.63, 3.8) is 0 Å². The summed E-state index contributed by atoms with van der Waals surface area (Å²) in [5.74, 6) is -0.721. The summed E-state index contributed by atoms with van der Waals surface area (Å²) in [7, 11) is 0. The molecule has 2 aromatic rings. The smallest absolute Gasteiger partial charge is 0.224 e. The lowest BCUT2D eigenvalue weighted by Gasteiger charge is -2.11. The van der Waals surface area contributed by atoms with E-state index in [1.165, 1.54) is 6.07 Å². The van der Waals surface area contributed by atoms with Crippen LogP contribution in [0.3, 0.4) is 0 Å². The molecule has 4 nitrogen and oxygen atoms in total. The number of nitrogens with one attached hydrogen (secondary N) is 2. The summed E-state index contributed by atoms with van der Waals surface area (Å²) in [6.45, 7) is 4.29. The number of aromatic nitrogens is 2. The third-order valence-electron chi connectivity index (χ3n) is 2.60. The Hall–Kier alpha value is -1.76. The molecule has 1 aromatic heterocycles. The highest BCUT2D eigenvalue weighted by Gasteiger charge is 2.10. The van der Waals surface area contributed by atoms with Gasteiger partial charge in [-0.15, -0.1) is 0 Å².